The van der Waals surface area contributed by atoms with Crippen molar-refractivity contribution in [2.75, 3.05) is 13.1 Å². The smallest absolute Gasteiger partial charge is 0.317 e. The van der Waals surface area contributed by atoms with E-state index in [1.807, 2.05) is 0 Å². The van der Waals surface area contributed by atoms with Gasteiger partial charge in [-0.1, -0.05) is 0 Å². The average molecular weight is 245 g/mol. The molecule has 5 nitrogen and oxygen atoms in total. The summed E-state index contributed by atoms with van der Waals surface area (Å²) >= 11 is 0. The Morgan fingerprint density at radius 2 is 2.47 bits per heavy atom. The first-order valence-electron chi connectivity index (χ1n) is 5.27. The van der Waals surface area contributed by atoms with Gasteiger partial charge in [-0.3, -0.25) is 0 Å². The number of aryl methyl sites for hydroxylation is 1. The molecule has 0 atom stereocenters. The normalized spacial score (nSPS) is 18.4. The van der Waals surface area contributed by atoms with E-state index in [0.717, 1.165) is 4.90 Å². The lowest BCUT2D eigenvalue weighted by Crippen LogP contribution is -2.39. The summed E-state index contributed by atoms with van der Waals surface area (Å²) in [4.78, 5) is 16.6. The molecule has 94 valence electrons. The summed E-state index contributed by atoms with van der Waals surface area (Å²) in [6.45, 7) is 1.47. The van der Waals surface area contributed by atoms with E-state index in [2.05, 4.69) is 10.3 Å². The highest BCUT2D eigenvalue weighted by molar-refractivity contribution is 5.74. The first-order valence-corrected chi connectivity index (χ1v) is 5.27. The zero-order chi connectivity index (χ0) is 12.5. The number of rotatable bonds is 2. The summed E-state index contributed by atoms with van der Waals surface area (Å²) in [6, 6.07) is -0.496. The van der Waals surface area contributed by atoms with Gasteiger partial charge in [-0.25, -0.2) is 18.6 Å². The topological polar surface area (TPSA) is 58.4 Å². The summed E-state index contributed by atoms with van der Waals surface area (Å²) in [5.41, 5.74) is 0.601. The highest BCUT2D eigenvalue weighted by atomic mass is 19.3. The van der Waals surface area contributed by atoms with Crippen molar-refractivity contribution in [2.45, 2.75) is 25.8 Å². The van der Waals surface area contributed by atoms with Crippen LogP contribution >= 0.6 is 0 Å². The first kappa shape index (κ1) is 11.8. The van der Waals surface area contributed by atoms with E-state index in [4.69, 9.17) is 4.42 Å². The Hall–Kier alpha value is -1.66. The van der Waals surface area contributed by atoms with Gasteiger partial charge in [-0.05, 0) is 6.92 Å². The maximum atomic E-state index is 12.9. The summed E-state index contributed by atoms with van der Waals surface area (Å²) in [5, 5.41) is 2.54. The van der Waals surface area contributed by atoms with Gasteiger partial charge in [0.05, 0.1) is 13.1 Å². The second kappa shape index (κ2) is 4.31. The zero-order valence-corrected chi connectivity index (χ0v) is 9.37. The number of nitrogens with one attached hydrogen (secondary N) is 1. The van der Waals surface area contributed by atoms with Gasteiger partial charge in [-0.15, -0.1) is 0 Å². The van der Waals surface area contributed by atoms with Crippen molar-refractivity contribution in [2.24, 2.45) is 0 Å². The molecule has 0 bridgehead atoms. The molecule has 1 fully saturated rings. The minimum Gasteiger partial charge on any atom is -0.448 e. The van der Waals surface area contributed by atoms with Crippen LogP contribution in [0.5, 0.6) is 0 Å². The molecule has 1 aromatic rings. The number of aromatic nitrogens is 1. The van der Waals surface area contributed by atoms with Gasteiger partial charge in [0.25, 0.3) is 5.92 Å². The molecule has 17 heavy (non-hydrogen) atoms. The summed E-state index contributed by atoms with van der Waals surface area (Å²) in [7, 11) is 0. The lowest BCUT2D eigenvalue weighted by molar-refractivity contribution is 0.0153. The van der Waals surface area contributed by atoms with Crippen LogP contribution in [0.4, 0.5) is 13.6 Å². The van der Waals surface area contributed by atoms with Gasteiger partial charge in [0.2, 0.25) is 0 Å². The summed E-state index contributed by atoms with van der Waals surface area (Å²) in [5.74, 6) is -2.15. The Balaban J connectivity index is 1.85. The largest absolute Gasteiger partial charge is 0.448 e. The Kier molecular flexibility index (Phi) is 2.99. The highest BCUT2D eigenvalue weighted by Crippen LogP contribution is 2.26. The van der Waals surface area contributed by atoms with E-state index in [1.165, 1.54) is 6.39 Å². The molecular weight excluding hydrogens is 232 g/mol. The number of hydrogen-bond acceptors (Lipinski definition) is 3. The highest BCUT2D eigenvalue weighted by Gasteiger charge is 2.40. The van der Waals surface area contributed by atoms with Gasteiger partial charge in [-0.2, -0.15) is 0 Å². The Morgan fingerprint density at radius 3 is 3.00 bits per heavy atom. The lowest BCUT2D eigenvalue weighted by atomic mass is 10.3. The maximum absolute atomic E-state index is 12.9. The molecule has 0 aromatic carbocycles. The molecule has 0 radical (unpaired) electrons. The molecule has 2 heterocycles. The van der Waals surface area contributed by atoms with Crippen LogP contribution in [0, 0.1) is 6.92 Å². The number of amides is 2. The molecule has 0 aliphatic carbocycles. The molecule has 1 aromatic heterocycles. The van der Waals surface area contributed by atoms with Crippen LogP contribution in [0.3, 0.4) is 0 Å². The van der Waals surface area contributed by atoms with Crippen LogP contribution in [0.15, 0.2) is 10.8 Å². The van der Waals surface area contributed by atoms with Gasteiger partial charge < -0.3 is 14.6 Å². The third-order valence-corrected chi connectivity index (χ3v) is 2.71. The molecule has 1 aliphatic rings. The molecule has 7 heteroatoms. The fourth-order valence-corrected chi connectivity index (χ4v) is 1.68. The van der Waals surface area contributed by atoms with E-state index in [0.29, 0.717) is 11.5 Å². The Labute approximate surface area is 96.8 Å². The molecule has 0 saturated carbocycles. The average Bonchev–Trinajstić information content (AvgIpc) is 2.81. The third kappa shape index (κ3) is 2.72. The maximum Gasteiger partial charge on any atom is 0.317 e. The van der Waals surface area contributed by atoms with Crippen LogP contribution in [0.1, 0.15) is 17.9 Å². The minimum absolute atomic E-state index is 0.0800. The van der Waals surface area contributed by atoms with Gasteiger partial charge in [0.15, 0.2) is 6.39 Å². The first-order chi connectivity index (χ1) is 7.98. The van der Waals surface area contributed by atoms with E-state index >= 15 is 0 Å². The molecule has 1 aliphatic heterocycles. The van der Waals surface area contributed by atoms with Crippen LogP contribution in [0.25, 0.3) is 0 Å². The molecule has 0 spiro atoms. The number of nitrogens with zero attached hydrogens (tertiary/aromatic N) is 2. The SMILES string of the molecule is Cc1ocnc1CNC(=O)N1CCC(F)(F)C1. The number of likely N-dealkylation sites (tertiary alicyclic amines) is 1. The van der Waals surface area contributed by atoms with Crippen molar-refractivity contribution in [1.82, 2.24) is 15.2 Å². The summed E-state index contributed by atoms with van der Waals surface area (Å²) < 4.78 is 30.7. The predicted molar refractivity (Wildman–Crippen MR) is 54.6 cm³/mol. The second-order valence-corrected chi connectivity index (χ2v) is 4.04. The zero-order valence-electron chi connectivity index (χ0n) is 9.37. The van der Waals surface area contributed by atoms with Gasteiger partial charge >= 0.3 is 6.03 Å². The molecule has 0 unspecified atom stereocenters. The number of carbonyl (C=O) groups excluding carboxylic acids is 1. The monoisotopic (exact) mass is 245 g/mol. The molecule has 1 N–H and O–H groups in total. The fraction of sp³-hybridized carbons (Fsp3) is 0.600. The van der Waals surface area contributed by atoms with Crippen LogP contribution in [-0.2, 0) is 6.54 Å². The quantitative estimate of drug-likeness (QED) is 0.859. The van der Waals surface area contributed by atoms with Crippen molar-refractivity contribution in [3.63, 3.8) is 0 Å². The number of halogens is 2. The van der Waals surface area contributed by atoms with Crippen molar-refractivity contribution in [3.8, 4) is 0 Å². The van der Waals surface area contributed by atoms with Crippen molar-refractivity contribution < 1.29 is 18.0 Å². The van der Waals surface area contributed by atoms with E-state index in [1.54, 1.807) is 6.92 Å². The number of carbonyl (C=O) groups is 1. The van der Waals surface area contributed by atoms with E-state index in [-0.39, 0.29) is 19.5 Å². The van der Waals surface area contributed by atoms with Crippen LogP contribution in [-0.4, -0.2) is 34.9 Å². The predicted octanol–water partition coefficient (Wildman–Crippen LogP) is 1.53. The standard InChI is InChI=1S/C10H13F2N3O2/c1-7-8(14-6-17-7)4-13-9(16)15-3-2-10(11,12)5-15/h6H,2-5H2,1H3,(H,13,16). The van der Waals surface area contributed by atoms with Crippen molar-refractivity contribution in [3.05, 3.63) is 17.8 Å². The Morgan fingerprint density at radius 1 is 1.71 bits per heavy atom. The Bertz CT molecular complexity index is 419. The van der Waals surface area contributed by atoms with Gasteiger partial charge in [0.1, 0.15) is 11.5 Å². The number of hydrogen-bond donors (Lipinski definition) is 1. The molecular formula is C10H13F2N3O2. The number of alkyl halides is 2. The van der Waals surface area contributed by atoms with Crippen molar-refractivity contribution >= 4 is 6.03 Å². The molecule has 1 saturated heterocycles. The van der Waals surface area contributed by atoms with E-state index in [9.17, 15) is 13.6 Å². The summed E-state index contributed by atoms with van der Waals surface area (Å²) in [6.07, 6.45) is 1.00. The van der Waals surface area contributed by atoms with E-state index < -0.39 is 18.5 Å². The number of urea groups is 1. The van der Waals surface area contributed by atoms with Gasteiger partial charge in [0, 0.05) is 13.0 Å². The molecule has 2 amide bonds. The fourth-order valence-electron chi connectivity index (χ4n) is 1.68. The number of oxazole rings is 1. The third-order valence-electron chi connectivity index (χ3n) is 2.71. The van der Waals surface area contributed by atoms with Crippen LogP contribution < -0.4 is 5.32 Å². The van der Waals surface area contributed by atoms with Crippen LogP contribution in [0.2, 0.25) is 0 Å². The lowest BCUT2D eigenvalue weighted by Gasteiger charge is -2.16. The minimum atomic E-state index is -2.76. The second-order valence-electron chi connectivity index (χ2n) is 4.04. The van der Waals surface area contributed by atoms with Crippen molar-refractivity contribution in [1.29, 1.82) is 0 Å². The molecule has 2 rings (SSSR count).